The molecule has 3 N–H and O–H groups in total. The molecule has 3 atom stereocenters. The number of benzene rings is 1. The predicted octanol–water partition coefficient (Wildman–Crippen LogP) is 2.85. The standard InChI is InChI=1S/C20H26O5/c1-5-13-9-12(3)10-14(6-2)16(13)20(18(24)25)11-19(4,17(22)23)8-7-15(20)21/h7-10,15,21H,5-6,11H2,1-4H3,(H,22,23)(H,24,25). The quantitative estimate of drug-likeness (QED) is 0.713. The first-order chi connectivity index (χ1) is 11.6. The normalized spacial score (nSPS) is 28.8. The summed E-state index contributed by atoms with van der Waals surface area (Å²) in [5.74, 6) is -2.28. The lowest BCUT2D eigenvalue weighted by molar-refractivity contribution is -0.154. The highest BCUT2D eigenvalue weighted by Crippen LogP contribution is 2.47. The SMILES string of the molecule is CCc1cc(C)cc(CC)c1C1(C(=O)O)CC(C)(C(=O)O)C=CC1O. The van der Waals surface area contributed by atoms with Gasteiger partial charge >= 0.3 is 11.9 Å². The number of carboxylic acid groups (broad SMARTS) is 2. The summed E-state index contributed by atoms with van der Waals surface area (Å²) in [6.07, 6.45) is 2.48. The molecule has 25 heavy (non-hydrogen) atoms. The van der Waals surface area contributed by atoms with Gasteiger partial charge in [-0.1, -0.05) is 43.7 Å². The van der Waals surface area contributed by atoms with Crippen LogP contribution in [0, 0.1) is 12.3 Å². The highest BCUT2D eigenvalue weighted by atomic mass is 16.4. The number of aliphatic carboxylic acids is 2. The van der Waals surface area contributed by atoms with Gasteiger partial charge in [0, 0.05) is 0 Å². The van der Waals surface area contributed by atoms with E-state index in [2.05, 4.69) is 0 Å². The van der Waals surface area contributed by atoms with E-state index in [1.807, 2.05) is 32.9 Å². The van der Waals surface area contributed by atoms with Crippen LogP contribution in [0.3, 0.4) is 0 Å². The van der Waals surface area contributed by atoms with E-state index < -0.39 is 28.9 Å². The van der Waals surface area contributed by atoms with Gasteiger partial charge in [-0.3, -0.25) is 9.59 Å². The number of carbonyl (C=O) groups is 2. The van der Waals surface area contributed by atoms with E-state index >= 15 is 0 Å². The van der Waals surface area contributed by atoms with E-state index in [0.717, 1.165) is 16.7 Å². The third-order valence-corrected chi connectivity index (χ3v) is 5.32. The Hall–Kier alpha value is -2.14. The van der Waals surface area contributed by atoms with Crippen molar-refractivity contribution in [1.82, 2.24) is 0 Å². The van der Waals surface area contributed by atoms with Gasteiger partial charge in [0.1, 0.15) is 5.41 Å². The molecule has 0 fully saturated rings. The fraction of sp³-hybridized carbons (Fsp3) is 0.500. The number of hydrogen-bond acceptors (Lipinski definition) is 3. The van der Waals surface area contributed by atoms with E-state index in [9.17, 15) is 24.9 Å². The predicted molar refractivity (Wildman–Crippen MR) is 94.8 cm³/mol. The maximum atomic E-state index is 12.4. The van der Waals surface area contributed by atoms with E-state index in [4.69, 9.17) is 0 Å². The summed E-state index contributed by atoms with van der Waals surface area (Å²) < 4.78 is 0. The summed E-state index contributed by atoms with van der Waals surface area (Å²) in [5.41, 5.74) is 0.271. The van der Waals surface area contributed by atoms with E-state index in [1.54, 1.807) is 0 Å². The number of aryl methyl sites for hydroxylation is 3. The number of aliphatic hydroxyl groups excluding tert-OH is 1. The summed E-state index contributed by atoms with van der Waals surface area (Å²) in [4.78, 5) is 24.2. The first kappa shape index (κ1) is 19.2. The molecule has 1 aromatic carbocycles. The molecule has 0 aromatic heterocycles. The van der Waals surface area contributed by atoms with Crippen molar-refractivity contribution < 1.29 is 24.9 Å². The first-order valence-corrected chi connectivity index (χ1v) is 8.59. The summed E-state index contributed by atoms with van der Waals surface area (Å²) >= 11 is 0. The molecule has 1 aliphatic carbocycles. The molecular weight excluding hydrogens is 320 g/mol. The van der Waals surface area contributed by atoms with Crippen LogP contribution < -0.4 is 0 Å². The molecule has 0 bridgehead atoms. The van der Waals surface area contributed by atoms with E-state index in [1.165, 1.54) is 19.1 Å². The van der Waals surface area contributed by atoms with Crippen molar-refractivity contribution in [2.45, 2.75) is 58.5 Å². The van der Waals surface area contributed by atoms with Crippen molar-refractivity contribution in [2.24, 2.45) is 5.41 Å². The second-order valence-electron chi connectivity index (χ2n) is 7.15. The summed E-state index contributed by atoms with van der Waals surface area (Å²) in [5, 5.41) is 30.5. The molecule has 136 valence electrons. The molecule has 0 saturated carbocycles. The molecule has 2 rings (SSSR count). The fourth-order valence-electron chi connectivity index (χ4n) is 3.98. The second kappa shape index (κ2) is 6.64. The molecule has 1 aromatic rings. The van der Waals surface area contributed by atoms with Gasteiger partial charge in [0.2, 0.25) is 0 Å². The second-order valence-corrected chi connectivity index (χ2v) is 7.15. The van der Waals surface area contributed by atoms with Crippen molar-refractivity contribution in [3.05, 3.63) is 46.5 Å². The zero-order valence-electron chi connectivity index (χ0n) is 15.2. The third-order valence-electron chi connectivity index (χ3n) is 5.32. The van der Waals surface area contributed by atoms with Gasteiger partial charge in [0.15, 0.2) is 0 Å². The Labute approximate surface area is 148 Å². The monoisotopic (exact) mass is 346 g/mol. The Bertz CT molecular complexity index is 711. The van der Waals surface area contributed by atoms with Crippen LogP contribution >= 0.6 is 0 Å². The summed E-state index contributed by atoms with van der Waals surface area (Å²) in [6.45, 7) is 7.33. The minimum Gasteiger partial charge on any atom is -0.481 e. The van der Waals surface area contributed by atoms with E-state index in [-0.39, 0.29) is 6.42 Å². The topological polar surface area (TPSA) is 94.8 Å². The summed E-state index contributed by atoms with van der Waals surface area (Å²) in [6, 6.07) is 3.87. The first-order valence-electron chi connectivity index (χ1n) is 8.59. The minimum absolute atomic E-state index is 0.189. The molecule has 0 spiro atoms. The van der Waals surface area contributed by atoms with Gasteiger partial charge in [0.05, 0.1) is 11.5 Å². The molecule has 5 heteroatoms. The molecule has 0 heterocycles. The third kappa shape index (κ3) is 2.97. The molecule has 0 saturated heterocycles. The Morgan fingerprint density at radius 1 is 1.12 bits per heavy atom. The van der Waals surface area contributed by atoms with Crippen LogP contribution in [0.1, 0.15) is 49.4 Å². The molecular formula is C20H26O5. The smallest absolute Gasteiger partial charge is 0.317 e. The van der Waals surface area contributed by atoms with Gasteiger partial charge < -0.3 is 15.3 Å². The lowest BCUT2D eigenvalue weighted by Crippen LogP contribution is -2.53. The Morgan fingerprint density at radius 2 is 1.64 bits per heavy atom. The van der Waals surface area contributed by atoms with Gasteiger partial charge in [-0.05, 0) is 49.8 Å². The maximum Gasteiger partial charge on any atom is 0.317 e. The van der Waals surface area contributed by atoms with Crippen LogP contribution in [0.25, 0.3) is 0 Å². The van der Waals surface area contributed by atoms with Crippen molar-refractivity contribution in [2.75, 3.05) is 0 Å². The van der Waals surface area contributed by atoms with Crippen LogP contribution in [0.5, 0.6) is 0 Å². The number of hydrogen-bond donors (Lipinski definition) is 3. The molecule has 5 nitrogen and oxygen atoms in total. The molecule has 3 unspecified atom stereocenters. The van der Waals surface area contributed by atoms with Gasteiger partial charge in [0.25, 0.3) is 0 Å². The maximum absolute atomic E-state index is 12.4. The van der Waals surface area contributed by atoms with Crippen molar-refractivity contribution in [1.29, 1.82) is 0 Å². The zero-order valence-corrected chi connectivity index (χ0v) is 15.2. The molecule has 0 radical (unpaired) electrons. The average molecular weight is 346 g/mol. The number of rotatable bonds is 5. The van der Waals surface area contributed by atoms with Gasteiger partial charge in [-0.25, -0.2) is 0 Å². The van der Waals surface area contributed by atoms with E-state index in [0.29, 0.717) is 18.4 Å². The van der Waals surface area contributed by atoms with Crippen molar-refractivity contribution in [3.63, 3.8) is 0 Å². The Kier molecular flexibility index (Phi) is 5.09. The number of aliphatic hydroxyl groups is 1. The van der Waals surface area contributed by atoms with Gasteiger partial charge in [-0.2, -0.15) is 0 Å². The highest BCUT2D eigenvalue weighted by Gasteiger charge is 2.56. The molecule has 1 aliphatic rings. The van der Waals surface area contributed by atoms with Crippen LogP contribution in [0.15, 0.2) is 24.3 Å². The lowest BCUT2D eigenvalue weighted by Gasteiger charge is -2.43. The summed E-state index contributed by atoms with van der Waals surface area (Å²) in [7, 11) is 0. The number of carboxylic acids is 2. The fourth-order valence-corrected chi connectivity index (χ4v) is 3.98. The van der Waals surface area contributed by atoms with Crippen LogP contribution in [-0.4, -0.2) is 33.4 Å². The van der Waals surface area contributed by atoms with Crippen molar-refractivity contribution >= 4 is 11.9 Å². The van der Waals surface area contributed by atoms with Crippen LogP contribution in [0.2, 0.25) is 0 Å². The van der Waals surface area contributed by atoms with Crippen LogP contribution in [0.4, 0.5) is 0 Å². The Morgan fingerprint density at radius 3 is 2.04 bits per heavy atom. The zero-order chi connectivity index (χ0) is 19.0. The Balaban J connectivity index is 2.85. The molecule has 0 amide bonds. The average Bonchev–Trinajstić information content (AvgIpc) is 2.56. The minimum atomic E-state index is -1.67. The molecule has 0 aliphatic heterocycles. The van der Waals surface area contributed by atoms with Gasteiger partial charge in [-0.15, -0.1) is 0 Å². The highest BCUT2D eigenvalue weighted by molar-refractivity contribution is 5.87. The lowest BCUT2D eigenvalue weighted by atomic mass is 9.59. The van der Waals surface area contributed by atoms with Crippen molar-refractivity contribution in [3.8, 4) is 0 Å². The van der Waals surface area contributed by atoms with Crippen LogP contribution in [-0.2, 0) is 27.8 Å². The largest absolute Gasteiger partial charge is 0.481 e.